The van der Waals surface area contributed by atoms with Crippen LogP contribution in [0.4, 0.5) is 0 Å². The Morgan fingerprint density at radius 3 is 2.17 bits per heavy atom. The maximum absolute atomic E-state index is 14.0. The number of aliphatic carboxylic acids is 1. The van der Waals surface area contributed by atoms with E-state index < -0.39 is 41.7 Å². The average Bonchev–Trinajstić information content (AvgIpc) is 3.04. The Balaban J connectivity index is 1.85. The molecular formula is C33H46N8O5. The lowest BCUT2D eigenvalue weighted by Gasteiger charge is -2.32. The minimum Gasteiger partial charge on any atom is -0.480 e. The second-order valence-electron chi connectivity index (χ2n) is 11.8. The molecular weight excluding hydrogens is 588 g/mol. The molecule has 2 aromatic carbocycles. The first-order chi connectivity index (χ1) is 22.0. The highest BCUT2D eigenvalue weighted by atomic mass is 16.4. The number of aliphatic imine (C=N–C) groups is 1. The molecule has 0 saturated heterocycles. The third-order valence-electron chi connectivity index (χ3n) is 8.22. The van der Waals surface area contributed by atoms with Gasteiger partial charge in [0.2, 0.25) is 17.7 Å². The minimum atomic E-state index is -1.21. The molecule has 3 atom stereocenters. The van der Waals surface area contributed by atoms with E-state index in [0.717, 1.165) is 24.8 Å². The van der Waals surface area contributed by atoms with E-state index in [1.165, 1.54) is 4.90 Å². The fourth-order valence-corrected chi connectivity index (χ4v) is 5.69. The number of nitrogens with one attached hydrogen (secondary N) is 3. The van der Waals surface area contributed by atoms with E-state index in [2.05, 4.69) is 15.6 Å². The van der Waals surface area contributed by atoms with Crippen molar-refractivity contribution in [3.63, 3.8) is 0 Å². The number of amidine groups is 1. The second kappa shape index (κ2) is 17.5. The van der Waals surface area contributed by atoms with Gasteiger partial charge >= 0.3 is 5.97 Å². The number of carbonyl (C=O) groups excluding carboxylic acids is 3. The number of carboxylic acids is 1. The number of carbonyl (C=O) groups is 4. The van der Waals surface area contributed by atoms with Gasteiger partial charge in [-0.3, -0.25) is 24.8 Å². The van der Waals surface area contributed by atoms with Crippen LogP contribution in [0.15, 0.2) is 59.6 Å². The molecule has 46 heavy (non-hydrogen) atoms. The zero-order valence-electron chi connectivity index (χ0n) is 26.3. The molecule has 2 aromatic rings. The van der Waals surface area contributed by atoms with Crippen molar-refractivity contribution in [1.29, 1.82) is 5.41 Å². The third kappa shape index (κ3) is 10.9. The number of carboxylic acid groups (broad SMARTS) is 1. The second-order valence-corrected chi connectivity index (χ2v) is 11.8. The molecule has 0 spiro atoms. The molecule has 0 heterocycles. The quantitative estimate of drug-likeness (QED) is 0.0617. The molecule has 1 aliphatic carbocycles. The largest absolute Gasteiger partial charge is 0.480 e. The summed E-state index contributed by atoms with van der Waals surface area (Å²) in [6.45, 7) is 0.484. The van der Waals surface area contributed by atoms with E-state index in [4.69, 9.17) is 22.6 Å². The number of rotatable bonds is 16. The number of nitrogens with zero attached hydrogens (tertiary/aromatic N) is 2. The van der Waals surface area contributed by atoms with Crippen LogP contribution in [0.1, 0.15) is 61.6 Å². The summed E-state index contributed by atoms with van der Waals surface area (Å²) in [7, 11) is 1.62. The lowest BCUT2D eigenvalue weighted by molar-refractivity contribution is -0.144. The van der Waals surface area contributed by atoms with Crippen molar-refractivity contribution >= 4 is 35.5 Å². The van der Waals surface area contributed by atoms with Gasteiger partial charge in [0.15, 0.2) is 5.96 Å². The molecule has 13 nitrogen and oxygen atoms in total. The molecule has 1 saturated carbocycles. The summed E-state index contributed by atoms with van der Waals surface area (Å²) in [5.74, 6) is -4.47. The predicted octanol–water partition coefficient (Wildman–Crippen LogP) is 1.48. The van der Waals surface area contributed by atoms with E-state index in [9.17, 15) is 24.3 Å². The van der Waals surface area contributed by atoms with Gasteiger partial charge in [0.1, 0.15) is 23.8 Å². The van der Waals surface area contributed by atoms with Crippen LogP contribution < -0.4 is 27.8 Å². The topological polar surface area (TPSA) is 230 Å². The van der Waals surface area contributed by atoms with E-state index in [1.54, 1.807) is 31.3 Å². The van der Waals surface area contributed by atoms with Crippen molar-refractivity contribution in [3.8, 4) is 0 Å². The van der Waals surface area contributed by atoms with Crippen LogP contribution in [-0.2, 0) is 32.1 Å². The van der Waals surface area contributed by atoms with Crippen LogP contribution in [0, 0.1) is 17.2 Å². The molecule has 1 aliphatic rings. The van der Waals surface area contributed by atoms with Gasteiger partial charge in [0.25, 0.3) is 0 Å². The third-order valence-corrected chi connectivity index (χ3v) is 8.22. The number of amides is 3. The molecule has 0 aromatic heterocycles. The molecule has 2 unspecified atom stereocenters. The predicted molar refractivity (Wildman–Crippen MR) is 176 cm³/mol. The standard InChI is InChI=1S/C33H46N8O5/c1-41(20-22-9-4-2-5-10-22)31(44)25(19-21-14-16-24(17-15-21)28(34)35)29(42)40-27(23-11-6-3-7-12-23)30(43)39-26(32(45)46)13-8-18-38-33(36)37/h2,4-5,9-10,14-17,23,25-27H,3,6-8,11-13,18-20H2,1H3,(H3,34,35)(H,39,43)(H,40,42)(H,45,46)(H4,36,37,38)/t25?,26-,27?/m0/s1. The van der Waals surface area contributed by atoms with Gasteiger partial charge in [0.05, 0.1) is 0 Å². The SMILES string of the molecule is CN(Cc1ccccc1)C(=O)C(Cc1ccc(C(=N)N)cc1)C(=O)NC(C(=O)N[C@@H](CCCN=C(N)N)C(=O)O)C1CCCCC1. The van der Waals surface area contributed by atoms with Gasteiger partial charge in [-0.1, -0.05) is 73.9 Å². The lowest BCUT2D eigenvalue weighted by atomic mass is 9.83. The van der Waals surface area contributed by atoms with E-state index in [1.807, 2.05) is 30.3 Å². The zero-order chi connectivity index (χ0) is 33.6. The summed E-state index contributed by atoms with van der Waals surface area (Å²) < 4.78 is 0. The molecule has 0 radical (unpaired) electrons. The lowest BCUT2D eigenvalue weighted by Crippen LogP contribution is -2.57. The Kier molecular flexibility index (Phi) is 13.5. The molecule has 3 amide bonds. The van der Waals surface area contributed by atoms with Crippen LogP contribution in [0.5, 0.6) is 0 Å². The van der Waals surface area contributed by atoms with Crippen LogP contribution in [0.25, 0.3) is 0 Å². The molecule has 3 rings (SSSR count). The summed E-state index contributed by atoms with van der Waals surface area (Å²) in [6.07, 6.45) is 4.56. The van der Waals surface area contributed by atoms with Crippen LogP contribution in [0.3, 0.4) is 0 Å². The van der Waals surface area contributed by atoms with Gasteiger partial charge in [-0.15, -0.1) is 0 Å². The van der Waals surface area contributed by atoms with Crippen molar-refractivity contribution in [2.45, 2.75) is 70.0 Å². The van der Waals surface area contributed by atoms with Crippen LogP contribution >= 0.6 is 0 Å². The molecule has 10 N–H and O–H groups in total. The Morgan fingerprint density at radius 1 is 0.935 bits per heavy atom. The zero-order valence-corrected chi connectivity index (χ0v) is 26.3. The van der Waals surface area contributed by atoms with E-state index >= 15 is 0 Å². The number of benzene rings is 2. The minimum absolute atomic E-state index is 0.0452. The van der Waals surface area contributed by atoms with Gasteiger partial charge in [-0.25, -0.2) is 4.79 Å². The molecule has 13 heteroatoms. The maximum atomic E-state index is 14.0. The van der Waals surface area contributed by atoms with Crippen LogP contribution in [-0.4, -0.2) is 71.2 Å². The first-order valence-electron chi connectivity index (χ1n) is 15.6. The Bertz CT molecular complexity index is 1370. The van der Waals surface area contributed by atoms with E-state index in [-0.39, 0.29) is 43.6 Å². The Morgan fingerprint density at radius 2 is 1.59 bits per heavy atom. The summed E-state index contributed by atoms with van der Waals surface area (Å²) >= 11 is 0. The number of hydrogen-bond donors (Lipinski definition) is 7. The number of guanidine groups is 1. The van der Waals surface area contributed by atoms with Gasteiger partial charge in [-0.05, 0) is 49.1 Å². The van der Waals surface area contributed by atoms with Crippen LogP contribution in [0.2, 0.25) is 0 Å². The highest BCUT2D eigenvalue weighted by molar-refractivity contribution is 6.02. The first-order valence-corrected chi connectivity index (χ1v) is 15.6. The summed E-state index contributed by atoms with van der Waals surface area (Å²) in [5.41, 5.74) is 18.4. The summed E-state index contributed by atoms with van der Waals surface area (Å²) in [4.78, 5) is 58.9. The highest BCUT2D eigenvalue weighted by Crippen LogP contribution is 2.27. The summed E-state index contributed by atoms with van der Waals surface area (Å²) in [6, 6.07) is 13.9. The smallest absolute Gasteiger partial charge is 0.326 e. The number of nitrogens with two attached hydrogens (primary N) is 3. The monoisotopic (exact) mass is 634 g/mol. The molecule has 248 valence electrons. The molecule has 1 fully saturated rings. The number of nitrogen functional groups attached to an aromatic ring is 1. The first kappa shape index (κ1) is 35.5. The fraction of sp³-hybridized carbons (Fsp3) is 0.455. The van der Waals surface area contributed by atoms with E-state index in [0.29, 0.717) is 30.4 Å². The highest BCUT2D eigenvalue weighted by Gasteiger charge is 2.37. The Labute approximate surface area is 269 Å². The van der Waals surface area contributed by atoms with Crippen molar-refractivity contribution in [2.75, 3.05) is 13.6 Å². The van der Waals surface area contributed by atoms with Crippen molar-refractivity contribution in [2.24, 2.45) is 34.0 Å². The van der Waals surface area contributed by atoms with Gasteiger partial charge in [-0.2, -0.15) is 0 Å². The molecule has 0 aliphatic heterocycles. The van der Waals surface area contributed by atoms with Gasteiger partial charge < -0.3 is 37.8 Å². The van der Waals surface area contributed by atoms with Crippen molar-refractivity contribution in [1.82, 2.24) is 15.5 Å². The normalized spacial score (nSPS) is 15.1. The van der Waals surface area contributed by atoms with Crippen molar-refractivity contribution < 1.29 is 24.3 Å². The maximum Gasteiger partial charge on any atom is 0.326 e. The fourth-order valence-electron chi connectivity index (χ4n) is 5.69. The number of hydrogen-bond acceptors (Lipinski definition) is 6. The summed E-state index contributed by atoms with van der Waals surface area (Å²) in [5, 5.41) is 22.9. The Hall–Kier alpha value is -4.94. The van der Waals surface area contributed by atoms with Crippen molar-refractivity contribution in [3.05, 3.63) is 71.3 Å². The molecule has 0 bridgehead atoms. The van der Waals surface area contributed by atoms with Gasteiger partial charge in [0, 0.05) is 25.7 Å². The average molecular weight is 635 g/mol.